The van der Waals surface area contributed by atoms with Crippen LogP contribution in [0.25, 0.3) is 0 Å². The molecule has 4 N–H and O–H groups in total. The van der Waals surface area contributed by atoms with Gasteiger partial charge in [0.25, 0.3) is 11.8 Å². The van der Waals surface area contributed by atoms with Gasteiger partial charge in [-0.2, -0.15) is 5.26 Å². The van der Waals surface area contributed by atoms with E-state index >= 15 is 0 Å². The van der Waals surface area contributed by atoms with Gasteiger partial charge in [0, 0.05) is 38.1 Å². The first kappa shape index (κ1) is 27.8. The van der Waals surface area contributed by atoms with Gasteiger partial charge in [0.05, 0.1) is 23.0 Å². The van der Waals surface area contributed by atoms with E-state index in [-0.39, 0.29) is 23.6 Å². The van der Waals surface area contributed by atoms with Crippen LogP contribution in [0, 0.1) is 23.1 Å². The molecule has 1 aromatic heterocycles. The fraction of sp³-hybridized carbons (Fsp3) is 0.538. The lowest BCUT2D eigenvalue weighted by molar-refractivity contribution is -0.154. The Hall–Kier alpha value is -3.27. The molecule has 4 atom stereocenters. The summed E-state index contributed by atoms with van der Waals surface area (Å²) in [6.07, 6.45) is -0.932. The van der Waals surface area contributed by atoms with E-state index in [0.29, 0.717) is 44.6 Å². The second-order valence-electron chi connectivity index (χ2n) is 9.80. The number of nitrogens with zero attached hydrogens (tertiary/aromatic N) is 4. The van der Waals surface area contributed by atoms with Gasteiger partial charge in [-0.05, 0) is 56.7 Å². The quantitative estimate of drug-likeness (QED) is 0.395. The number of hydrogen-bond acceptors (Lipinski definition) is 9. The van der Waals surface area contributed by atoms with Gasteiger partial charge < -0.3 is 30.6 Å². The maximum Gasteiger partial charge on any atom is 0.255 e. The van der Waals surface area contributed by atoms with Crippen LogP contribution in [0.2, 0.25) is 0 Å². The third-order valence-corrected chi connectivity index (χ3v) is 8.35. The van der Waals surface area contributed by atoms with Gasteiger partial charge in [-0.25, -0.2) is 9.37 Å². The number of nitrogens with one attached hydrogen (secondary N) is 2. The number of piperidine rings is 1. The summed E-state index contributed by atoms with van der Waals surface area (Å²) in [5.41, 5.74) is 1.68. The Morgan fingerprint density at radius 3 is 2.61 bits per heavy atom. The van der Waals surface area contributed by atoms with Gasteiger partial charge in [-0.1, -0.05) is 0 Å². The van der Waals surface area contributed by atoms with Crippen LogP contribution in [0.4, 0.5) is 15.2 Å². The summed E-state index contributed by atoms with van der Waals surface area (Å²) in [6.45, 7) is 3.49. The fourth-order valence-corrected chi connectivity index (χ4v) is 6.00. The van der Waals surface area contributed by atoms with Crippen molar-refractivity contribution >= 4 is 34.0 Å². The second kappa shape index (κ2) is 12.1. The van der Waals surface area contributed by atoms with E-state index in [9.17, 15) is 29.5 Å². The molecular weight excluding hydrogens is 511 g/mol. The zero-order valence-corrected chi connectivity index (χ0v) is 22.2. The van der Waals surface area contributed by atoms with Crippen molar-refractivity contribution in [3.05, 3.63) is 40.7 Å². The second-order valence-corrected chi connectivity index (χ2v) is 10.7. The number of anilines is 2. The summed E-state index contributed by atoms with van der Waals surface area (Å²) in [5.74, 6) is -1.85. The Labute approximate surface area is 225 Å². The van der Waals surface area contributed by atoms with Gasteiger partial charge in [-0.15, -0.1) is 11.3 Å². The highest BCUT2D eigenvalue weighted by atomic mass is 32.1. The maximum absolute atomic E-state index is 13.5. The minimum Gasteiger partial charge on any atom is -0.380 e. The van der Waals surface area contributed by atoms with E-state index in [1.165, 1.54) is 28.4 Å². The Morgan fingerprint density at radius 2 is 1.95 bits per heavy atom. The van der Waals surface area contributed by atoms with Crippen LogP contribution in [-0.2, 0) is 9.59 Å². The molecule has 3 heterocycles. The number of rotatable bonds is 8. The van der Waals surface area contributed by atoms with Crippen LogP contribution < -0.4 is 15.5 Å². The first-order valence-corrected chi connectivity index (χ1v) is 13.7. The first-order chi connectivity index (χ1) is 18.2. The number of nitriles is 1. The lowest BCUT2D eigenvalue weighted by atomic mass is 9.89. The van der Waals surface area contributed by atoms with Gasteiger partial charge in [0.1, 0.15) is 11.9 Å². The third-order valence-electron chi connectivity index (χ3n) is 7.47. The molecule has 0 aliphatic carbocycles. The maximum atomic E-state index is 13.5. The minimum atomic E-state index is -1.90. The molecule has 0 saturated carbocycles. The predicted octanol–water partition coefficient (Wildman–Crippen LogP) is 2.00. The van der Waals surface area contributed by atoms with Gasteiger partial charge in [0.2, 0.25) is 0 Å². The van der Waals surface area contributed by atoms with E-state index in [1.54, 1.807) is 13.1 Å². The van der Waals surface area contributed by atoms with Crippen LogP contribution in [0.5, 0.6) is 0 Å². The molecular formula is C26H33FN6O4S. The molecule has 204 valence electrons. The SMILES string of the molecule is CNc1nc([C@H]2CCCN2C(=O)[C@H](O)[C@@H](O)C(=O)N[C@H](C)C2CCN(c3ccc(F)cc3C#N)CC2)cs1. The topological polar surface area (TPSA) is 142 Å². The molecule has 1 aromatic carbocycles. The van der Waals surface area contributed by atoms with Crippen molar-refractivity contribution in [2.24, 2.45) is 5.92 Å². The number of benzene rings is 1. The Bertz CT molecular complexity index is 1190. The number of carbonyl (C=O) groups excluding carboxylic acids is 2. The average Bonchev–Trinajstić information content (AvgIpc) is 3.61. The highest BCUT2D eigenvalue weighted by Gasteiger charge is 2.40. The molecule has 0 unspecified atom stereocenters. The Morgan fingerprint density at radius 1 is 1.21 bits per heavy atom. The molecule has 12 heteroatoms. The summed E-state index contributed by atoms with van der Waals surface area (Å²) in [5, 5.41) is 38.8. The largest absolute Gasteiger partial charge is 0.380 e. The number of halogens is 1. The molecule has 4 rings (SSSR count). The summed E-state index contributed by atoms with van der Waals surface area (Å²) in [6, 6.07) is 5.58. The number of thiazole rings is 1. The molecule has 0 spiro atoms. The highest BCUT2D eigenvalue weighted by molar-refractivity contribution is 7.13. The molecule has 2 aliphatic rings. The van der Waals surface area contributed by atoms with E-state index in [4.69, 9.17) is 0 Å². The van der Waals surface area contributed by atoms with Crippen molar-refractivity contribution in [3.8, 4) is 6.07 Å². The van der Waals surface area contributed by atoms with Gasteiger partial charge in [-0.3, -0.25) is 9.59 Å². The van der Waals surface area contributed by atoms with Crippen LogP contribution in [0.1, 0.15) is 49.9 Å². The summed E-state index contributed by atoms with van der Waals surface area (Å²) in [4.78, 5) is 33.8. The number of aliphatic hydroxyl groups is 2. The van der Waals surface area contributed by atoms with Crippen molar-refractivity contribution in [1.82, 2.24) is 15.2 Å². The number of aliphatic hydroxyl groups excluding tert-OH is 2. The predicted molar refractivity (Wildman–Crippen MR) is 141 cm³/mol. The lowest BCUT2D eigenvalue weighted by Crippen LogP contribution is -2.53. The number of aromatic nitrogens is 1. The van der Waals surface area contributed by atoms with Crippen molar-refractivity contribution < 1.29 is 24.2 Å². The Kier molecular flexibility index (Phi) is 8.81. The van der Waals surface area contributed by atoms with E-state index in [1.807, 2.05) is 23.3 Å². The minimum absolute atomic E-state index is 0.0928. The van der Waals surface area contributed by atoms with Crippen LogP contribution in [-0.4, -0.2) is 76.8 Å². The lowest BCUT2D eigenvalue weighted by Gasteiger charge is -2.37. The summed E-state index contributed by atoms with van der Waals surface area (Å²) < 4.78 is 13.5. The number of carbonyl (C=O) groups is 2. The monoisotopic (exact) mass is 544 g/mol. The Balaban J connectivity index is 1.30. The molecule has 2 aliphatic heterocycles. The number of amides is 2. The van der Waals surface area contributed by atoms with E-state index in [2.05, 4.69) is 15.6 Å². The molecule has 10 nitrogen and oxygen atoms in total. The molecule has 2 saturated heterocycles. The molecule has 2 amide bonds. The molecule has 2 aromatic rings. The van der Waals surface area contributed by atoms with Crippen LogP contribution in [0.3, 0.4) is 0 Å². The van der Waals surface area contributed by atoms with Gasteiger partial charge in [0.15, 0.2) is 17.3 Å². The van der Waals surface area contributed by atoms with Crippen molar-refractivity contribution in [2.75, 3.05) is 36.9 Å². The molecule has 0 radical (unpaired) electrons. The normalized spacial score (nSPS) is 20.5. The van der Waals surface area contributed by atoms with Gasteiger partial charge >= 0.3 is 0 Å². The first-order valence-electron chi connectivity index (χ1n) is 12.8. The third kappa shape index (κ3) is 5.90. The smallest absolute Gasteiger partial charge is 0.255 e. The van der Waals surface area contributed by atoms with Crippen LogP contribution in [0.15, 0.2) is 23.6 Å². The van der Waals surface area contributed by atoms with Crippen molar-refractivity contribution in [3.63, 3.8) is 0 Å². The molecule has 38 heavy (non-hydrogen) atoms. The highest BCUT2D eigenvalue weighted by Crippen LogP contribution is 2.34. The van der Waals surface area contributed by atoms with Crippen molar-refractivity contribution in [2.45, 2.75) is 56.9 Å². The zero-order chi connectivity index (χ0) is 27.4. The van der Waals surface area contributed by atoms with Crippen LogP contribution >= 0.6 is 11.3 Å². The molecule has 0 bridgehead atoms. The summed E-state index contributed by atoms with van der Waals surface area (Å²) in [7, 11) is 1.76. The zero-order valence-electron chi connectivity index (χ0n) is 21.4. The van der Waals surface area contributed by atoms with E-state index in [0.717, 1.165) is 17.2 Å². The van der Waals surface area contributed by atoms with E-state index < -0.39 is 29.8 Å². The average molecular weight is 545 g/mol. The number of hydrogen-bond donors (Lipinski definition) is 4. The number of likely N-dealkylation sites (tertiary alicyclic amines) is 1. The molecule has 2 fully saturated rings. The summed E-state index contributed by atoms with van der Waals surface area (Å²) >= 11 is 1.42. The standard InChI is InChI=1S/C26H33FN6O4S/c1-15(16-7-10-32(11-8-16)20-6-5-18(27)12-17(20)13-28)30-24(36)22(34)23(35)25(37)33-9-3-4-21(33)19-14-38-26(29-2)31-19/h5-6,12,14-16,21-23,34-35H,3-4,7-11H2,1-2H3,(H,29,31)(H,30,36)/t15-,21-,22-,23-/m1/s1. The fourth-order valence-electron chi connectivity index (χ4n) is 5.28. The van der Waals surface area contributed by atoms with Crippen molar-refractivity contribution in [1.29, 1.82) is 5.26 Å².